The van der Waals surface area contributed by atoms with Gasteiger partial charge in [-0.3, -0.25) is 15.7 Å². The molecule has 0 amide bonds. The molecule has 6 heteroatoms. The fraction of sp³-hybridized carbons (Fsp3) is 0.478. The van der Waals surface area contributed by atoms with Crippen molar-refractivity contribution in [2.45, 2.75) is 46.0 Å². The first-order chi connectivity index (χ1) is 14.1. The van der Waals surface area contributed by atoms with Crippen LogP contribution in [-0.2, 0) is 0 Å². The Kier molecular flexibility index (Phi) is 7.61. The minimum absolute atomic E-state index is 0.379. The van der Waals surface area contributed by atoms with E-state index in [1.165, 1.54) is 24.8 Å². The standard InChI is InChI=1S/C23H32N4O2/c1-17(2)19-8-7-9-20(16-19)29-23-21(11-10-18(3)25-23)22(26-28)24-12-15-27-13-5-4-6-14-27/h7-11,16-17,28H,4-6,12-15H2,1-3H3,(H,24,26). The molecule has 29 heavy (non-hydrogen) atoms. The normalized spacial score (nSPS) is 15.6. The highest BCUT2D eigenvalue weighted by Crippen LogP contribution is 2.27. The van der Waals surface area contributed by atoms with Gasteiger partial charge in [-0.05, 0) is 68.6 Å². The zero-order valence-corrected chi connectivity index (χ0v) is 17.7. The molecule has 1 saturated heterocycles. The number of likely N-dealkylation sites (tertiary alicyclic amines) is 1. The van der Waals surface area contributed by atoms with E-state index < -0.39 is 0 Å². The Labute approximate surface area is 173 Å². The average Bonchev–Trinajstić information content (AvgIpc) is 2.73. The highest BCUT2D eigenvalue weighted by Gasteiger charge is 2.15. The number of amidine groups is 1. The summed E-state index contributed by atoms with van der Waals surface area (Å²) in [5, 5.41) is 9.72. The quantitative estimate of drug-likeness (QED) is 0.409. The van der Waals surface area contributed by atoms with Gasteiger partial charge in [0.05, 0.1) is 12.1 Å². The summed E-state index contributed by atoms with van der Waals surface area (Å²) in [4.78, 5) is 11.5. The Bertz CT molecular complexity index is 829. The average molecular weight is 397 g/mol. The van der Waals surface area contributed by atoms with Crippen LogP contribution in [0.2, 0.25) is 0 Å². The number of rotatable bonds is 7. The molecule has 2 heterocycles. The van der Waals surface area contributed by atoms with E-state index in [2.05, 4.69) is 40.3 Å². The first-order valence-corrected chi connectivity index (χ1v) is 10.5. The van der Waals surface area contributed by atoms with Crippen molar-refractivity contribution in [3.8, 4) is 11.6 Å². The molecule has 2 aromatic rings. The monoisotopic (exact) mass is 396 g/mol. The lowest BCUT2D eigenvalue weighted by molar-refractivity contribution is 0.229. The van der Waals surface area contributed by atoms with Crippen LogP contribution in [0.3, 0.4) is 0 Å². The van der Waals surface area contributed by atoms with Crippen LogP contribution in [-0.4, -0.2) is 47.1 Å². The van der Waals surface area contributed by atoms with E-state index in [9.17, 15) is 5.21 Å². The molecule has 0 atom stereocenters. The predicted octanol–water partition coefficient (Wildman–Crippen LogP) is 4.52. The summed E-state index contributed by atoms with van der Waals surface area (Å²) in [6, 6.07) is 11.8. The molecule has 3 rings (SSSR count). The van der Waals surface area contributed by atoms with E-state index >= 15 is 0 Å². The third-order valence-corrected chi connectivity index (χ3v) is 5.23. The van der Waals surface area contributed by atoms with Crippen molar-refractivity contribution in [2.75, 3.05) is 26.2 Å². The Morgan fingerprint density at radius 3 is 2.72 bits per heavy atom. The first-order valence-electron chi connectivity index (χ1n) is 10.5. The molecule has 156 valence electrons. The van der Waals surface area contributed by atoms with Gasteiger partial charge in [-0.25, -0.2) is 4.98 Å². The number of pyridine rings is 1. The van der Waals surface area contributed by atoms with Crippen molar-refractivity contribution in [1.29, 1.82) is 0 Å². The zero-order valence-electron chi connectivity index (χ0n) is 17.7. The number of nitrogens with one attached hydrogen (secondary N) is 1. The van der Waals surface area contributed by atoms with E-state index in [0.29, 0.717) is 29.7 Å². The van der Waals surface area contributed by atoms with Crippen molar-refractivity contribution >= 4 is 5.84 Å². The topological polar surface area (TPSA) is 70.0 Å². The number of hydroxylamine groups is 1. The van der Waals surface area contributed by atoms with Crippen LogP contribution in [0, 0.1) is 6.92 Å². The van der Waals surface area contributed by atoms with Crippen molar-refractivity contribution in [3.63, 3.8) is 0 Å². The van der Waals surface area contributed by atoms with Crippen LogP contribution in [0.5, 0.6) is 11.6 Å². The molecule has 1 aromatic carbocycles. The van der Waals surface area contributed by atoms with E-state index in [1.54, 1.807) is 0 Å². The van der Waals surface area contributed by atoms with Gasteiger partial charge in [-0.15, -0.1) is 0 Å². The second-order valence-corrected chi connectivity index (χ2v) is 7.88. The van der Waals surface area contributed by atoms with E-state index in [1.807, 2.05) is 37.3 Å². The van der Waals surface area contributed by atoms with Gasteiger partial charge in [0.1, 0.15) is 5.75 Å². The van der Waals surface area contributed by atoms with Crippen LogP contribution in [0.4, 0.5) is 0 Å². The maximum absolute atomic E-state index is 9.72. The fourth-order valence-corrected chi connectivity index (χ4v) is 3.51. The number of benzene rings is 1. The predicted molar refractivity (Wildman–Crippen MR) is 116 cm³/mol. The first kappa shape index (κ1) is 21.3. The molecular formula is C23H32N4O2. The van der Waals surface area contributed by atoms with Crippen LogP contribution >= 0.6 is 0 Å². The SMILES string of the molecule is Cc1ccc(C(=NCCN2CCCCC2)NO)c(Oc2cccc(C(C)C)c2)n1. The summed E-state index contributed by atoms with van der Waals surface area (Å²) in [7, 11) is 0. The van der Waals surface area contributed by atoms with Crippen molar-refractivity contribution in [1.82, 2.24) is 15.4 Å². The van der Waals surface area contributed by atoms with Crippen molar-refractivity contribution in [3.05, 3.63) is 53.2 Å². The number of piperidine rings is 1. The molecular weight excluding hydrogens is 364 g/mol. The molecule has 0 spiro atoms. The zero-order chi connectivity index (χ0) is 20.6. The Balaban J connectivity index is 1.78. The molecule has 2 N–H and O–H groups in total. The third kappa shape index (κ3) is 6.02. The lowest BCUT2D eigenvalue weighted by Gasteiger charge is -2.25. The summed E-state index contributed by atoms with van der Waals surface area (Å²) in [5.41, 5.74) is 4.93. The number of hydrogen-bond acceptors (Lipinski definition) is 5. The molecule has 0 aliphatic carbocycles. The number of nitrogens with zero attached hydrogens (tertiary/aromatic N) is 3. The van der Waals surface area contributed by atoms with Crippen LogP contribution in [0.15, 0.2) is 41.4 Å². The maximum Gasteiger partial charge on any atom is 0.230 e. The van der Waals surface area contributed by atoms with Gasteiger partial charge < -0.3 is 9.64 Å². The molecule has 0 saturated carbocycles. The molecule has 1 aliphatic rings. The van der Waals surface area contributed by atoms with Crippen LogP contribution in [0.25, 0.3) is 0 Å². The van der Waals surface area contributed by atoms with Gasteiger partial charge in [0, 0.05) is 12.2 Å². The fourth-order valence-electron chi connectivity index (χ4n) is 3.51. The van der Waals surface area contributed by atoms with Gasteiger partial charge in [-0.1, -0.05) is 32.4 Å². The maximum atomic E-state index is 9.72. The molecule has 1 fully saturated rings. The minimum atomic E-state index is 0.379. The van der Waals surface area contributed by atoms with Gasteiger partial charge in [0.15, 0.2) is 5.84 Å². The summed E-state index contributed by atoms with van der Waals surface area (Å²) < 4.78 is 6.11. The molecule has 6 nitrogen and oxygen atoms in total. The van der Waals surface area contributed by atoms with Crippen LogP contribution in [0.1, 0.15) is 55.8 Å². The largest absolute Gasteiger partial charge is 0.438 e. The number of aliphatic imine (C=N–C) groups is 1. The molecule has 1 aromatic heterocycles. The van der Waals surface area contributed by atoms with Gasteiger partial charge in [-0.2, -0.15) is 0 Å². The summed E-state index contributed by atoms with van der Waals surface area (Å²) in [5.74, 6) is 1.95. The Morgan fingerprint density at radius 1 is 1.21 bits per heavy atom. The van der Waals surface area contributed by atoms with E-state index in [0.717, 1.165) is 31.1 Å². The second-order valence-electron chi connectivity index (χ2n) is 7.88. The Morgan fingerprint density at radius 2 is 2.00 bits per heavy atom. The molecule has 0 bridgehead atoms. The van der Waals surface area contributed by atoms with E-state index in [-0.39, 0.29) is 0 Å². The lowest BCUT2D eigenvalue weighted by atomic mass is 10.0. The molecule has 0 unspecified atom stereocenters. The molecule has 0 radical (unpaired) electrons. The number of hydrogen-bond donors (Lipinski definition) is 2. The second kappa shape index (κ2) is 10.4. The van der Waals surface area contributed by atoms with Gasteiger partial charge >= 0.3 is 0 Å². The van der Waals surface area contributed by atoms with E-state index in [4.69, 9.17) is 4.74 Å². The number of ether oxygens (including phenoxy) is 1. The smallest absolute Gasteiger partial charge is 0.230 e. The summed E-state index contributed by atoms with van der Waals surface area (Å²) in [6.45, 7) is 9.97. The van der Waals surface area contributed by atoms with Crippen molar-refractivity contribution < 1.29 is 9.94 Å². The number of aromatic nitrogens is 1. The summed E-state index contributed by atoms with van der Waals surface area (Å²) in [6.07, 6.45) is 3.82. The lowest BCUT2D eigenvalue weighted by Crippen LogP contribution is -2.32. The third-order valence-electron chi connectivity index (χ3n) is 5.23. The number of aryl methyl sites for hydroxylation is 1. The van der Waals surface area contributed by atoms with Crippen LogP contribution < -0.4 is 10.2 Å². The van der Waals surface area contributed by atoms with Crippen molar-refractivity contribution in [2.24, 2.45) is 4.99 Å². The van der Waals surface area contributed by atoms with Gasteiger partial charge in [0.25, 0.3) is 0 Å². The Hall–Kier alpha value is -2.44. The van der Waals surface area contributed by atoms with Gasteiger partial charge in [0.2, 0.25) is 5.88 Å². The highest BCUT2D eigenvalue weighted by molar-refractivity contribution is 6.00. The minimum Gasteiger partial charge on any atom is -0.438 e. The molecule has 1 aliphatic heterocycles. The highest BCUT2D eigenvalue weighted by atomic mass is 16.5. The summed E-state index contributed by atoms with van der Waals surface area (Å²) >= 11 is 0.